The fraction of sp³-hybridized carbons (Fsp3) is 0.250. The SMILES string of the molecule is CC(C)[C@H](NC(=O)c1cnc(Cl)c(Cl)c1)c1ccc(F)cc1. The molecule has 6 heteroatoms. The Morgan fingerprint density at radius 1 is 1.23 bits per heavy atom. The van der Waals surface area contributed by atoms with E-state index in [1.807, 2.05) is 13.8 Å². The molecule has 2 rings (SSSR count). The lowest BCUT2D eigenvalue weighted by Gasteiger charge is -2.23. The van der Waals surface area contributed by atoms with Gasteiger partial charge in [-0.05, 0) is 29.7 Å². The van der Waals surface area contributed by atoms with Gasteiger partial charge in [-0.15, -0.1) is 0 Å². The van der Waals surface area contributed by atoms with Gasteiger partial charge in [-0.2, -0.15) is 0 Å². The van der Waals surface area contributed by atoms with Crippen molar-refractivity contribution in [1.82, 2.24) is 10.3 Å². The first-order chi connectivity index (χ1) is 10.4. The molecule has 0 aliphatic heterocycles. The molecule has 0 unspecified atom stereocenters. The van der Waals surface area contributed by atoms with Crippen molar-refractivity contribution in [3.05, 3.63) is 63.6 Å². The lowest BCUT2D eigenvalue weighted by molar-refractivity contribution is 0.0925. The third-order valence-electron chi connectivity index (χ3n) is 3.24. The monoisotopic (exact) mass is 340 g/mol. The Hall–Kier alpha value is -1.65. The summed E-state index contributed by atoms with van der Waals surface area (Å²) in [5.74, 6) is -0.495. The van der Waals surface area contributed by atoms with E-state index >= 15 is 0 Å². The van der Waals surface area contributed by atoms with Crippen LogP contribution in [0.5, 0.6) is 0 Å². The number of nitrogens with one attached hydrogen (secondary N) is 1. The highest BCUT2D eigenvalue weighted by atomic mass is 35.5. The first kappa shape index (κ1) is 16.7. The van der Waals surface area contributed by atoms with Crippen molar-refractivity contribution in [1.29, 1.82) is 0 Å². The van der Waals surface area contributed by atoms with E-state index in [0.29, 0.717) is 5.56 Å². The van der Waals surface area contributed by atoms with Gasteiger partial charge in [0.15, 0.2) is 0 Å². The number of aromatic nitrogens is 1. The van der Waals surface area contributed by atoms with Crippen LogP contribution in [-0.4, -0.2) is 10.9 Å². The maximum Gasteiger partial charge on any atom is 0.253 e. The van der Waals surface area contributed by atoms with E-state index in [1.165, 1.54) is 24.4 Å². The van der Waals surface area contributed by atoms with E-state index in [4.69, 9.17) is 23.2 Å². The molecule has 116 valence electrons. The molecule has 2 aromatic rings. The number of rotatable bonds is 4. The van der Waals surface area contributed by atoms with Gasteiger partial charge >= 0.3 is 0 Å². The van der Waals surface area contributed by atoms with Crippen LogP contribution in [0, 0.1) is 11.7 Å². The van der Waals surface area contributed by atoms with Crippen LogP contribution < -0.4 is 5.32 Å². The zero-order valence-electron chi connectivity index (χ0n) is 12.1. The third kappa shape index (κ3) is 3.96. The van der Waals surface area contributed by atoms with Gasteiger partial charge < -0.3 is 5.32 Å². The van der Waals surface area contributed by atoms with Crippen molar-refractivity contribution in [2.75, 3.05) is 0 Å². The summed E-state index contributed by atoms with van der Waals surface area (Å²) in [4.78, 5) is 16.2. The summed E-state index contributed by atoms with van der Waals surface area (Å²) in [5.41, 5.74) is 1.15. The molecule has 1 N–H and O–H groups in total. The number of benzene rings is 1. The number of pyridine rings is 1. The van der Waals surface area contributed by atoms with E-state index in [9.17, 15) is 9.18 Å². The minimum absolute atomic E-state index is 0.130. The normalized spacial score (nSPS) is 12.3. The zero-order chi connectivity index (χ0) is 16.3. The van der Waals surface area contributed by atoms with Gasteiger partial charge in [-0.1, -0.05) is 49.2 Å². The lowest BCUT2D eigenvalue weighted by Crippen LogP contribution is -2.31. The number of hydrogen-bond acceptors (Lipinski definition) is 2. The summed E-state index contributed by atoms with van der Waals surface area (Å²) in [6.07, 6.45) is 1.37. The van der Waals surface area contributed by atoms with Gasteiger partial charge in [0.1, 0.15) is 11.0 Å². The van der Waals surface area contributed by atoms with Crippen LogP contribution in [0.1, 0.15) is 35.8 Å². The second-order valence-electron chi connectivity index (χ2n) is 5.24. The average molecular weight is 341 g/mol. The first-order valence-electron chi connectivity index (χ1n) is 6.76. The highest BCUT2D eigenvalue weighted by molar-refractivity contribution is 6.41. The third-order valence-corrected chi connectivity index (χ3v) is 3.93. The fourth-order valence-corrected chi connectivity index (χ4v) is 2.34. The van der Waals surface area contributed by atoms with Crippen LogP contribution in [0.25, 0.3) is 0 Å². The molecule has 1 heterocycles. The number of halogens is 3. The highest BCUT2D eigenvalue weighted by Gasteiger charge is 2.20. The molecule has 3 nitrogen and oxygen atoms in total. The Kier molecular flexibility index (Phi) is 5.37. The number of hydrogen-bond donors (Lipinski definition) is 1. The van der Waals surface area contributed by atoms with Crippen molar-refractivity contribution < 1.29 is 9.18 Å². The predicted octanol–water partition coefficient (Wildman–Crippen LogP) is 4.65. The van der Waals surface area contributed by atoms with Gasteiger partial charge in [0.2, 0.25) is 0 Å². The molecule has 1 atom stereocenters. The second-order valence-corrected chi connectivity index (χ2v) is 6.01. The molecule has 22 heavy (non-hydrogen) atoms. The molecule has 0 bridgehead atoms. The fourth-order valence-electron chi connectivity index (χ4n) is 2.07. The Labute approximate surface area is 138 Å². The molecule has 0 fully saturated rings. The van der Waals surface area contributed by atoms with Crippen molar-refractivity contribution in [2.24, 2.45) is 5.92 Å². The van der Waals surface area contributed by atoms with E-state index in [-0.39, 0.29) is 33.9 Å². The smallest absolute Gasteiger partial charge is 0.253 e. The maximum absolute atomic E-state index is 13.0. The Bertz CT molecular complexity index is 674. The summed E-state index contributed by atoms with van der Waals surface area (Å²) < 4.78 is 13.0. The maximum atomic E-state index is 13.0. The minimum atomic E-state index is -0.314. The van der Waals surface area contributed by atoms with Gasteiger partial charge in [-0.3, -0.25) is 4.79 Å². The van der Waals surface area contributed by atoms with Crippen molar-refractivity contribution in [3.8, 4) is 0 Å². The number of carbonyl (C=O) groups is 1. The molecular weight excluding hydrogens is 326 g/mol. The van der Waals surface area contributed by atoms with Gasteiger partial charge in [0, 0.05) is 6.20 Å². The molecule has 0 aliphatic rings. The molecule has 1 aromatic carbocycles. The van der Waals surface area contributed by atoms with Crippen LogP contribution in [0.15, 0.2) is 36.5 Å². The largest absolute Gasteiger partial charge is 0.345 e. The van der Waals surface area contributed by atoms with Crippen molar-refractivity contribution >= 4 is 29.1 Å². The quantitative estimate of drug-likeness (QED) is 0.822. The van der Waals surface area contributed by atoms with E-state index in [1.54, 1.807) is 12.1 Å². The predicted molar refractivity (Wildman–Crippen MR) is 85.7 cm³/mol. The van der Waals surface area contributed by atoms with Crippen LogP contribution >= 0.6 is 23.2 Å². The molecule has 0 radical (unpaired) electrons. The number of nitrogens with zero attached hydrogens (tertiary/aromatic N) is 1. The standard InChI is InChI=1S/C16H15Cl2FN2O/c1-9(2)14(10-3-5-12(19)6-4-10)21-16(22)11-7-13(17)15(18)20-8-11/h3-9,14H,1-2H3,(H,21,22)/t14-/m0/s1. The summed E-state index contributed by atoms with van der Waals surface area (Å²) in [7, 11) is 0. The molecule has 0 saturated heterocycles. The second kappa shape index (κ2) is 7.07. The topological polar surface area (TPSA) is 42.0 Å². The lowest BCUT2D eigenvalue weighted by atomic mass is 9.95. The Balaban J connectivity index is 2.22. The van der Waals surface area contributed by atoms with E-state index < -0.39 is 0 Å². The van der Waals surface area contributed by atoms with Crippen LogP contribution in [0.2, 0.25) is 10.2 Å². The Morgan fingerprint density at radius 2 is 1.86 bits per heavy atom. The molecule has 1 aromatic heterocycles. The molecular formula is C16H15Cl2FN2O. The zero-order valence-corrected chi connectivity index (χ0v) is 13.6. The average Bonchev–Trinajstić information content (AvgIpc) is 2.48. The summed E-state index contributed by atoms with van der Waals surface area (Å²) in [6.45, 7) is 3.95. The van der Waals surface area contributed by atoms with E-state index in [2.05, 4.69) is 10.3 Å². The minimum Gasteiger partial charge on any atom is -0.345 e. The van der Waals surface area contributed by atoms with Gasteiger partial charge in [-0.25, -0.2) is 9.37 Å². The summed E-state index contributed by atoms with van der Waals surface area (Å²) >= 11 is 11.6. The van der Waals surface area contributed by atoms with Crippen LogP contribution in [0.3, 0.4) is 0 Å². The van der Waals surface area contributed by atoms with Gasteiger partial charge in [0.05, 0.1) is 16.6 Å². The molecule has 0 aliphatic carbocycles. The first-order valence-corrected chi connectivity index (χ1v) is 7.51. The van der Waals surface area contributed by atoms with Crippen molar-refractivity contribution in [3.63, 3.8) is 0 Å². The Morgan fingerprint density at radius 3 is 2.41 bits per heavy atom. The van der Waals surface area contributed by atoms with Crippen LogP contribution in [-0.2, 0) is 0 Å². The summed E-state index contributed by atoms with van der Waals surface area (Å²) in [5, 5.41) is 3.28. The van der Waals surface area contributed by atoms with E-state index in [0.717, 1.165) is 5.56 Å². The van der Waals surface area contributed by atoms with Crippen LogP contribution in [0.4, 0.5) is 4.39 Å². The van der Waals surface area contributed by atoms with Gasteiger partial charge in [0.25, 0.3) is 5.91 Å². The molecule has 0 saturated carbocycles. The number of carbonyl (C=O) groups excluding carboxylic acids is 1. The highest BCUT2D eigenvalue weighted by Crippen LogP contribution is 2.24. The molecule has 1 amide bonds. The summed E-state index contributed by atoms with van der Waals surface area (Å²) in [6, 6.07) is 7.28. The molecule has 0 spiro atoms. The number of amides is 1. The van der Waals surface area contributed by atoms with Crippen molar-refractivity contribution in [2.45, 2.75) is 19.9 Å².